The van der Waals surface area contributed by atoms with Gasteiger partial charge in [-0.1, -0.05) is 15.9 Å². The normalized spacial score (nSPS) is 18.6. The van der Waals surface area contributed by atoms with Gasteiger partial charge in [0.15, 0.2) is 0 Å². The van der Waals surface area contributed by atoms with Crippen LogP contribution >= 0.6 is 15.9 Å². The summed E-state index contributed by atoms with van der Waals surface area (Å²) in [5.74, 6) is 0.963. The Morgan fingerprint density at radius 2 is 2.31 bits per heavy atom. The van der Waals surface area contributed by atoms with E-state index in [1.807, 2.05) is 25.2 Å². The number of rotatable bonds is 1. The Bertz CT molecular complexity index is 419. The molecule has 0 fully saturated rings. The van der Waals surface area contributed by atoms with Gasteiger partial charge in [0.25, 0.3) is 0 Å². The van der Waals surface area contributed by atoms with Crippen LogP contribution in [-0.4, -0.2) is 24.5 Å². The molecule has 16 heavy (non-hydrogen) atoms. The van der Waals surface area contributed by atoms with Gasteiger partial charge >= 0.3 is 0 Å². The average Bonchev–Trinajstić information content (AvgIpc) is 2.27. The highest BCUT2D eigenvalue weighted by Crippen LogP contribution is 2.36. The SMILES string of the molecule is CC(=O)N(C)C1CCOc2ccc(Br)cc21. The van der Waals surface area contributed by atoms with E-state index in [0.717, 1.165) is 22.2 Å². The predicted octanol–water partition coefficient (Wildman–Crippen LogP) is 2.75. The number of halogens is 1. The molecule has 1 heterocycles. The third-order valence-corrected chi connectivity index (χ3v) is 3.44. The highest BCUT2D eigenvalue weighted by molar-refractivity contribution is 9.10. The maximum absolute atomic E-state index is 11.4. The topological polar surface area (TPSA) is 29.5 Å². The van der Waals surface area contributed by atoms with Crippen LogP contribution in [0.4, 0.5) is 0 Å². The molecule has 2 rings (SSSR count). The third-order valence-electron chi connectivity index (χ3n) is 2.94. The van der Waals surface area contributed by atoms with E-state index in [0.29, 0.717) is 6.61 Å². The molecule has 1 atom stereocenters. The first-order valence-corrected chi connectivity index (χ1v) is 6.04. The Kier molecular flexibility index (Phi) is 3.19. The lowest BCUT2D eigenvalue weighted by Crippen LogP contribution is -2.32. The van der Waals surface area contributed by atoms with Crippen LogP contribution in [0.2, 0.25) is 0 Å². The smallest absolute Gasteiger partial charge is 0.219 e. The molecule has 0 saturated heterocycles. The minimum Gasteiger partial charge on any atom is -0.493 e. The van der Waals surface area contributed by atoms with Crippen molar-refractivity contribution in [3.8, 4) is 5.75 Å². The van der Waals surface area contributed by atoms with Crippen molar-refractivity contribution in [3.63, 3.8) is 0 Å². The number of amides is 1. The molecule has 0 aliphatic carbocycles. The van der Waals surface area contributed by atoms with Gasteiger partial charge in [0, 0.05) is 30.4 Å². The number of carbonyl (C=O) groups is 1. The molecule has 0 bridgehead atoms. The molecule has 1 unspecified atom stereocenters. The highest BCUT2D eigenvalue weighted by Gasteiger charge is 2.26. The number of hydrogen-bond acceptors (Lipinski definition) is 2. The van der Waals surface area contributed by atoms with Gasteiger partial charge < -0.3 is 9.64 Å². The Labute approximate surface area is 104 Å². The third kappa shape index (κ3) is 2.07. The van der Waals surface area contributed by atoms with Crippen molar-refractivity contribution in [1.82, 2.24) is 4.90 Å². The van der Waals surface area contributed by atoms with Crippen molar-refractivity contribution in [3.05, 3.63) is 28.2 Å². The van der Waals surface area contributed by atoms with E-state index >= 15 is 0 Å². The fourth-order valence-corrected chi connectivity index (χ4v) is 2.35. The molecule has 0 N–H and O–H groups in total. The van der Waals surface area contributed by atoms with E-state index in [1.54, 1.807) is 11.8 Å². The van der Waals surface area contributed by atoms with Crippen LogP contribution in [0, 0.1) is 0 Å². The summed E-state index contributed by atoms with van der Waals surface area (Å²) in [5, 5.41) is 0. The zero-order valence-corrected chi connectivity index (χ0v) is 11.0. The molecule has 1 aromatic rings. The molecule has 0 spiro atoms. The predicted molar refractivity (Wildman–Crippen MR) is 65.4 cm³/mol. The summed E-state index contributed by atoms with van der Waals surface area (Å²) in [6.07, 6.45) is 0.847. The summed E-state index contributed by atoms with van der Waals surface area (Å²) in [7, 11) is 1.84. The Morgan fingerprint density at radius 1 is 1.56 bits per heavy atom. The minimum atomic E-state index is 0.0813. The van der Waals surface area contributed by atoms with Crippen molar-refractivity contribution < 1.29 is 9.53 Å². The average molecular weight is 284 g/mol. The van der Waals surface area contributed by atoms with Crippen LogP contribution in [0.15, 0.2) is 22.7 Å². The molecular weight excluding hydrogens is 270 g/mol. The van der Waals surface area contributed by atoms with Gasteiger partial charge in [-0.05, 0) is 18.2 Å². The minimum absolute atomic E-state index is 0.0813. The van der Waals surface area contributed by atoms with Crippen LogP contribution in [-0.2, 0) is 4.79 Å². The van der Waals surface area contributed by atoms with E-state index in [1.165, 1.54) is 0 Å². The van der Waals surface area contributed by atoms with Gasteiger partial charge in [-0.15, -0.1) is 0 Å². The quantitative estimate of drug-likeness (QED) is 0.793. The van der Waals surface area contributed by atoms with E-state index < -0.39 is 0 Å². The Morgan fingerprint density at radius 3 is 3.00 bits per heavy atom. The van der Waals surface area contributed by atoms with E-state index in [4.69, 9.17) is 4.74 Å². The Balaban J connectivity index is 2.38. The first-order valence-electron chi connectivity index (χ1n) is 5.25. The van der Waals surface area contributed by atoms with Gasteiger partial charge in [-0.3, -0.25) is 4.79 Å². The lowest BCUT2D eigenvalue weighted by Gasteiger charge is -2.32. The maximum atomic E-state index is 11.4. The fourth-order valence-electron chi connectivity index (χ4n) is 1.97. The van der Waals surface area contributed by atoms with Gasteiger partial charge in [0.05, 0.1) is 12.6 Å². The molecule has 4 heteroatoms. The second-order valence-electron chi connectivity index (χ2n) is 3.97. The van der Waals surface area contributed by atoms with Crippen molar-refractivity contribution in [2.45, 2.75) is 19.4 Å². The largest absolute Gasteiger partial charge is 0.493 e. The number of carbonyl (C=O) groups excluding carboxylic acids is 1. The maximum Gasteiger partial charge on any atom is 0.219 e. The number of nitrogens with zero attached hydrogens (tertiary/aromatic N) is 1. The second kappa shape index (κ2) is 4.45. The van der Waals surface area contributed by atoms with Crippen molar-refractivity contribution >= 4 is 21.8 Å². The van der Waals surface area contributed by atoms with E-state index in [-0.39, 0.29) is 11.9 Å². The summed E-state index contributed by atoms with van der Waals surface area (Å²) >= 11 is 3.45. The van der Waals surface area contributed by atoms with Crippen molar-refractivity contribution in [2.24, 2.45) is 0 Å². The molecule has 1 amide bonds. The van der Waals surface area contributed by atoms with Crippen LogP contribution in [0.5, 0.6) is 5.75 Å². The molecule has 3 nitrogen and oxygen atoms in total. The monoisotopic (exact) mass is 283 g/mol. The molecule has 1 aliphatic heterocycles. The van der Waals surface area contributed by atoms with Gasteiger partial charge in [-0.25, -0.2) is 0 Å². The van der Waals surface area contributed by atoms with Gasteiger partial charge in [0.1, 0.15) is 5.75 Å². The molecule has 0 saturated carbocycles. The van der Waals surface area contributed by atoms with E-state index in [9.17, 15) is 4.79 Å². The van der Waals surface area contributed by atoms with Crippen molar-refractivity contribution in [2.75, 3.05) is 13.7 Å². The number of benzene rings is 1. The lowest BCUT2D eigenvalue weighted by molar-refractivity contribution is -0.130. The van der Waals surface area contributed by atoms with Crippen LogP contribution in [0.3, 0.4) is 0 Å². The summed E-state index contributed by atoms with van der Waals surface area (Å²) in [6, 6.07) is 6.05. The molecule has 86 valence electrons. The first kappa shape index (κ1) is 11.5. The number of fused-ring (bicyclic) bond motifs is 1. The molecule has 1 aliphatic rings. The highest BCUT2D eigenvalue weighted by atomic mass is 79.9. The summed E-state index contributed by atoms with van der Waals surface area (Å²) in [6.45, 7) is 2.25. The number of hydrogen-bond donors (Lipinski definition) is 0. The summed E-state index contributed by atoms with van der Waals surface area (Å²) < 4.78 is 6.59. The summed E-state index contributed by atoms with van der Waals surface area (Å²) in [4.78, 5) is 13.2. The van der Waals surface area contributed by atoms with Crippen LogP contribution in [0.1, 0.15) is 24.9 Å². The van der Waals surface area contributed by atoms with Crippen LogP contribution < -0.4 is 4.74 Å². The zero-order valence-electron chi connectivity index (χ0n) is 9.37. The standard InChI is InChI=1S/C12H14BrNO2/c1-8(15)14(2)11-5-6-16-12-4-3-9(13)7-10(11)12/h3-4,7,11H,5-6H2,1-2H3. The molecule has 0 radical (unpaired) electrons. The fraction of sp³-hybridized carbons (Fsp3) is 0.417. The van der Waals surface area contributed by atoms with Gasteiger partial charge in [0.2, 0.25) is 5.91 Å². The lowest BCUT2D eigenvalue weighted by atomic mass is 9.99. The van der Waals surface area contributed by atoms with Gasteiger partial charge in [-0.2, -0.15) is 0 Å². The molecule has 0 aromatic heterocycles. The second-order valence-corrected chi connectivity index (χ2v) is 4.88. The Hall–Kier alpha value is -1.03. The molecule has 1 aromatic carbocycles. The van der Waals surface area contributed by atoms with Crippen molar-refractivity contribution in [1.29, 1.82) is 0 Å². The summed E-state index contributed by atoms with van der Waals surface area (Å²) in [5.41, 5.74) is 1.08. The van der Waals surface area contributed by atoms with Crippen LogP contribution in [0.25, 0.3) is 0 Å². The van der Waals surface area contributed by atoms with E-state index in [2.05, 4.69) is 15.9 Å². The zero-order chi connectivity index (χ0) is 11.7. The molecular formula is C12H14BrNO2. The number of ether oxygens (including phenoxy) is 1. The first-order chi connectivity index (χ1) is 7.59.